The van der Waals surface area contributed by atoms with Crippen LogP contribution < -0.4 is 0 Å². The van der Waals surface area contributed by atoms with E-state index in [1.54, 1.807) is 0 Å². The SMILES string of the molecule is CCCCCCCCCCC/C=C\CCCCCOC(C)=O. The summed E-state index contributed by atoms with van der Waals surface area (Å²) in [5.74, 6) is -0.166. The maximum absolute atomic E-state index is 10.6. The van der Waals surface area contributed by atoms with E-state index in [0.717, 1.165) is 19.3 Å². The summed E-state index contributed by atoms with van der Waals surface area (Å²) in [4.78, 5) is 10.6. The first-order valence-electron chi connectivity index (χ1n) is 9.55. The number of carbonyl (C=O) groups is 1. The van der Waals surface area contributed by atoms with Gasteiger partial charge in [0.1, 0.15) is 0 Å². The molecule has 0 saturated carbocycles. The van der Waals surface area contributed by atoms with E-state index in [-0.39, 0.29) is 5.97 Å². The summed E-state index contributed by atoms with van der Waals surface area (Å²) in [6.45, 7) is 4.32. The summed E-state index contributed by atoms with van der Waals surface area (Å²) in [6.07, 6.45) is 23.0. The highest BCUT2D eigenvalue weighted by Gasteiger charge is 1.93. The molecule has 0 heterocycles. The van der Waals surface area contributed by atoms with Crippen molar-refractivity contribution in [1.82, 2.24) is 0 Å². The first kappa shape index (κ1) is 21.2. The van der Waals surface area contributed by atoms with Crippen molar-refractivity contribution in [1.29, 1.82) is 0 Å². The van der Waals surface area contributed by atoms with Crippen molar-refractivity contribution in [2.24, 2.45) is 0 Å². The van der Waals surface area contributed by atoms with Crippen molar-refractivity contribution >= 4 is 5.97 Å². The molecule has 0 aromatic rings. The molecule has 0 amide bonds. The molecule has 2 nitrogen and oxygen atoms in total. The van der Waals surface area contributed by atoms with Crippen LogP contribution in [-0.2, 0) is 9.53 Å². The molecule has 0 aromatic heterocycles. The van der Waals surface area contributed by atoms with Gasteiger partial charge in [0, 0.05) is 6.92 Å². The summed E-state index contributed by atoms with van der Waals surface area (Å²) in [5, 5.41) is 0. The van der Waals surface area contributed by atoms with Crippen LogP contribution in [0.3, 0.4) is 0 Å². The Bertz CT molecular complexity index is 258. The van der Waals surface area contributed by atoms with Gasteiger partial charge in [0.2, 0.25) is 0 Å². The van der Waals surface area contributed by atoms with E-state index in [1.807, 2.05) is 0 Å². The molecule has 0 radical (unpaired) electrons. The Balaban J connectivity index is 3.07. The topological polar surface area (TPSA) is 26.3 Å². The number of carbonyl (C=O) groups excluding carboxylic acids is 1. The van der Waals surface area contributed by atoms with Crippen LogP contribution in [0.15, 0.2) is 12.2 Å². The van der Waals surface area contributed by atoms with Gasteiger partial charge in [-0.2, -0.15) is 0 Å². The molecule has 0 aliphatic heterocycles. The molecule has 0 rings (SSSR count). The van der Waals surface area contributed by atoms with Crippen molar-refractivity contribution < 1.29 is 9.53 Å². The van der Waals surface area contributed by atoms with Crippen LogP contribution in [0.4, 0.5) is 0 Å². The molecule has 0 atom stereocenters. The highest BCUT2D eigenvalue weighted by molar-refractivity contribution is 5.65. The molecule has 0 fully saturated rings. The zero-order valence-corrected chi connectivity index (χ0v) is 15.1. The minimum Gasteiger partial charge on any atom is -0.466 e. The number of hydrogen-bond donors (Lipinski definition) is 0. The van der Waals surface area contributed by atoms with E-state index >= 15 is 0 Å². The fourth-order valence-corrected chi connectivity index (χ4v) is 2.57. The van der Waals surface area contributed by atoms with Gasteiger partial charge >= 0.3 is 5.97 Å². The maximum atomic E-state index is 10.6. The molecule has 0 aliphatic carbocycles. The van der Waals surface area contributed by atoms with Gasteiger partial charge in [-0.05, 0) is 38.5 Å². The highest BCUT2D eigenvalue weighted by atomic mass is 16.5. The quantitative estimate of drug-likeness (QED) is 0.183. The number of hydrogen-bond acceptors (Lipinski definition) is 2. The second-order valence-electron chi connectivity index (χ2n) is 6.28. The Morgan fingerprint density at radius 2 is 1.18 bits per heavy atom. The average Bonchev–Trinajstić information content (AvgIpc) is 2.50. The molecule has 2 heteroatoms. The third kappa shape index (κ3) is 19.2. The lowest BCUT2D eigenvalue weighted by atomic mass is 10.1. The summed E-state index contributed by atoms with van der Waals surface area (Å²) in [5.41, 5.74) is 0. The molecule has 0 saturated heterocycles. The number of allylic oxidation sites excluding steroid dienone is 2. The van der Waals surface area contributed by atoms with Crippen molar-refractivity contribution in [2.45, 2.75) is 104 Å². The minimum absolute atomic E-state index is 0.166. The zero-order chi connectivity index (χ0) is 16.3. The lowest BCUT2D eigenvalue weighted by molar-refractivity contribution is -0.141. The second-order valence-corrected chi connectivity index (χ2v) is 6.28. The summed E-state index contributed by atoms with van der Waals surface area (Å²) in [6, 6.07) is 0. The van der Waals surface area contributed by atoms with Crippen LogP contribution >= 0.6 is 0 Å². The first-order chi connectivity index (χ1) is 10.8. The Kier molecular flexibility index (Phi) is 17.6. The third-order valence-corrected chi connectivity index (χ3v) is 3.96. The van der Waals surface area contributed by atoms with Gasteiger partial charge in [-0.3, -0.25) is 4.79 Å². The maximum Gasteiger partial charge on any atom is 0.302 e. The van der Waals surface area contributed by atoms with Crippen LogP contribution in [0, 0.1) is 0 Å². The van der Waals surface area contributed by atoms with E-state index in [0.29, 0.717) is 6.61 Å². The molecule has 0 aromatic carbocycles. The van der Waals surface area contributed by atoms with Crippen molar-refractivity contribution in [3.63, 3.8) is 0 Å². The van der Waals surface area contributed by atoms with Gasteiger partial charge in [-0.25, -0.2) is 0 Å². The molecule has 0 unspecified atom stereocenters. The van der Waals surface area contributed by atoms with Crippen LogP contribution in [0.25, 0.3) is 0 Å². The Morgan fingerprint density at radius 1 is 0.727 bits per heavy atom. The van der Waals surface area contributed by atoms with Crippen LogP contribution in [0.5, 0.6) is 0 Å². The number of ether oxygens (including phenoxy) is 1. The highest BCUT2D eigenvalue weighted by Crippen LogP contribution is 2.11. The Labute approximate surface area is 138 Å². The van der Waals surface area contributed by atoms with Gasteiger partial charge in [-0.15, -0.1) is 0 Å². The Hall–Kier alpha value is -0.790. The van der Waals surface area contributed by atoms with Gasteiger partial charge < -0.3 is 4.74 Å². The monoisotopic (exact) mass is 310 g/mol. The molecule has 22 heavy (non-hydrogen) atoms. The normalized spacial score (nSPS) is 11.2. The summed E-state index contributed by atoms with van der Waals surface area (Å²) >= 11 is 0. The van der Waals surface area contributed by atoms with E-state index in [9.17, 15) is 4.79 Å². The predicted molar refractivity (Wildman–Crippen MR) is 96.1 cm³/mol. The predicted octanol–water partition coefficient (Wildman–Crippen LogP) is 6.59. The number of esters is 1. The molecule has 0 N–H and O–H groups in total. The lowest BCUT2D eigenvalue weighted by Gasteiger charge is -2.01. The number of unbranched alkanes of at least 4 members (excludes halogenated alkanes) is 12. The van der Waals surface area contributed by atoms with E-state index in [4.69, 9.17) is 4.74 Å². The molecule has 130 valence electrons. The smallest absolute Gasteiger partial charge is 0.302 e. The van der Waals surface area contributed by atoms with E-state index in [2.05, 4.69) is 19.1 Å². The minimum atomic E-state index is -0.166. The molecule has 0 bridgehead atoms. The van der Waals surface area contributed by atoms with E-state index in [1.165, 1.54) is 77.6 Å². The molecular formula is C20H38O2. The average molecular weight is 311 g/mol. The van der Waals surface area contributed by atoms with Gasteiger partial charge in [0.05, 0.1) is 6.61 Å². The fourth-order valence-electron chi connectivity index (χ4n) is 2.57. The third-order valence-electron chi connectivity index (χ3n) is 3.96. The van der Waals surface area contributed by atoms with Crippen LogP contribution in [0.1, 0.15) is 104 Å². The van der Waals surface area contributed by atoms with E-state index < -0.39 is 0 Å². The van der Waals surface area contributed by atoms with Crippen molar-refractivity contribution in [3.05, 3.63) is 12.2 Å². The fraction of sp³-hybridized carbons (Fsp3) is 0.850. The van der Waals surface area contributed by atoms with Crippen molar-refractivity contribution in [2.75, 3.05) is 6.61 Å². The van der Waals surface area contributed by atoms with Gasteiger partial charge in [-0.1, -0.05) is 70.4 Å². The van der Waals surface area contributed by atoms with Gasteiger partial charge in [0.15, 0.2) is 0 Å². The van der Waals surface area contributed by atoms with Crippen molar-refractivity contribution in [3.8, 4) is 0 Å². The van der Waals surface area contributed by atoms with Gasteiger partial charge in [0.25, 0.3) is 0 Å². The first-order valence-corrected chi connectivity index (χ1v) is 9.55. The molecule has 0 spiro atoms. The Morgan fingerprint density at radius 3 is 1.68 bits per heavy atom. The van der Waals surface area contributed by atoms with Crippen LogP contribution in [-0.4, -0.2) is 12.6 Å². The number of rotatable bonds is 16. The van der Waals surface area contributed by atoms with Crippen LogP contribution in [0.2, 0.25) is 0 Å². The molecular weight excluding hydrogens is 272 g/mol. The summed E-state index contributed by atoms with van der Waals surface area (Å²) < 4.78 is 4.90. The summed E-state index contributed by atoms with van der Waals surface area (Å²) in [7, 11) is 0. The second kappa shape index (κ2) is 18.3. The standard InChI is InChI=1S/C20H38O2/c1-3-4-5-6-7-8-9-10-11-12-13-14-15-16-17-18-19-22-20(2)21/h13-14H,3-12,15-19H2,1-2H3/b14-13-. The molecule has 0 aliphatic rings. The largest absolute Gasteiger partial charge is 0.466 e. The zero-order valence-electron chi connectivity index (χ0n) is 15.1. The lowest BCUT2D eigenvalue weighted by Crippen LogP contribution is -1.99.